The van der Waals surface area contributed by atoms with Crippen LogP contribution in [0.25, 0.3) is 6.08 Å². The molecule has 0 spiro atoms. The second kappa shape index (κ2) is 9.36. The van der Waals surface area contributed by atoms with Crippen LogP contribution in [0.2, 0.25) is 0 Å². The molecular weight excluding hydrogens is 412 g/mol. The molecule has 7 heteroatoms. The highest BCUT2D eigenvalue weighted by atomic mass is 79.9. The molecule has 2 aromatic carbocycles. The van der Waals surface area contributed by atoms with E-state index in [1.54, 1.807) is 24.3 Å². The number of hydrogen-bond donors (Lipinski definition) is 2. The van der Waals surface area contributed by atoms with Crippen LogP contribution in [-0.2, 0) is 4.79 Å². The largest absolute Gasteiger partial charge is 0.489 e. The Labute approximate surface area is 164 Å². The highest BCUT2D eigenvalue weighted by Crippen LogP contribution is 2.26. The van der Waals surface area contributed by atoms with E-state index in [4.69, 9.17) is 9.84 Å². The number of halogens is 1. The summed E-state index contributed by atoms with van der Waals surface area (Å²) >= 11 is 3.34. The summed E-state index contributed by atoms with van der Waals surface area (Å²) in [6, 6.07) is 12.8. The fraction of sp³-hybridized carbons (Fsp3) is 0.0500. The van der Waals surface area contributed by atoms with Crippen molar-refractivity contribution in [1.82, 2.24) is 0 Å². The predicted octanol–water partition coefficient (Wildman–Crippen LogP) is 4.26. The number of nitriles is 1. The summed E-state index contributed by atoms with van der Waals surface area (Å²) in [5.41, 5.74) is 0.690. The van der Waals surface area contributed by atoms with Crippen molar-refractivity contribution < 1.29 is 19.4 Å². The first kappa shape index (κ1) is 19.9. The topological polar surface area (TPSA) is 99.4 Å². The number of anilines is 1. The van der Waals surface area contributed by atoms with Gasteiger partial charge in [-0.15, -0.1) is 0 Å². The van der Waals surface area contributed by atoms with Crippen LogP contribution in [0, 0.1) is 11.3 Å². The van der Waals surface area contributed by atoms with Gasteiger partial charge in [0.15, 0.2) is 0 Å². The molecule has 0 unspecified atom stereocenters. The van der Waals surface area contributed by atoms with Crippen LogP contribution >= 0.6 is 15.9 Å². The monoisotopic (exact) mass is 426 g/mol. The molecule has 0 aliphatic rings. The maximum absolute atomic E-state index is 12.4. The van der Waals surface area contributed by atoms with Gasteiger partial charge in [0.25, 0.3) is 5.91 Å². The number of hydrogen-bond acceptors (Lipinski definition) is 4. The summed E-state index contributed by atoms with van der Waals surface area (Å²) in [6.07, 6.45) is 2.99. The van der Waals surface area contributed by atoms with Crippen molar-refractivity contribution in [3.63, 3.8) is 0 Å². The smallest absolute Gasteiger partial charge is 0.335 e. The van der Waals surface area contributed by atoms with E-state index < -0.39 is 11.9 Å². The zero-order valence-corrected chi connectivity index (χ0v) is 15.7. The van der Waals surface area contributed by atoms with Crippen LogP contribution in [0.4, 0.5) is 5.69 Å². The number of benzene rings is 2. The van der Waals surface area contributed by atoms with Gasteiger partial charge in [0.05, 0.1) is 5.56 Å². The van der Waals surface area contributed by atoms with Crippen molar-refractivity contribution in [2.45, 2.75) is 0 Å². The second-order valence-corrected chi connectivity index (χ2v) is 6.21. The summed E-state index contributed by atoms with van der Waals surface area (Å²) in [6.45, 7) is 3.86. The second-order valence-electron chi connectivity index (χ2n) is 5.29. The number of aromatic carboxylic acids is 1. The maximum Gasteiger partial charge on any atom is 0.335 e. The summed E-state index contributed by atoms with van der Waals surface area (Å²) in [7, 11) is 0. The first-order chi connectivity index (χ1) is 12.9. The van der Waals surface area contributed by atoms with Crippen molar-refractivity contribution in [2.24, 2.45) is 0 Å². The van der Waals surface area contributed by atoms with Gasteiger partial charge in [-0.05, 0) is 42.5 Å². The molecule has 6 nitrogen and oxygen atoms in total. The molecule has 2 aromatic rings. The van der Waals surface area contributed by atoms with E-state index in [0.717, 1.165) is 4.47 Å². The average molecular weight is 427 g/mol. The van der Waals surface area contributed by atoms with Crippen LogP contribution in [0.5, 0.6) is 5.75 Å². The lowest BCUT2D eigenvalue weighted by atomic mass is 10.1. The summed E-state index contributed by atoms with van der Waals surface area (Å²) in [5, 5.41) is 20.9. The van der Waals surface area contributed by atoms with Gasteiger partial charge < -0.3 is 15.2 Å². The fourth-order valence-electron chi connectivity index (χ4n) is 2.14. The fourth-order valence-corrected chi connectivity index (χ4v) is 2.52. The first-order valence-corrected chi connectivity index (χ1v) is 8.53. The minimum Gasteiger partial charge on any atom is -0.489 e. The molecule has 0 heterocycles. The highest BCUT2D eigenvalue weighted by Gasteiger charge is 2.13. The number of amides is 1. The van der Waals surface area contributed by atoms with Gasteiger partial charge in [-0.25, -0.2) is 4.79 Å². The molecular formula is C20H15BrN2O4. The van der Waals surface area contributed by atoms with E-state index in [1.165, 1.54) is 30.3 Å². The molecule has 0 aliphatic carbocycles. The zero-order chi connectivity index (χ0) is 19.8. The lowest BCUT2D eigenvalue weighted by Crippen LogP contribution is -2.14. The van der Waals surface area contributed by atoms with Crippen LogP contribution in [0.15, 0.2) is 65.2 Å². The van der Waals surface area contributed by atoms with Crippen molar-refractivity contribution in [2.75, 3.05) is 11.9 Å². The Balaban J connectivity index is 2.30. The summed E-state index contributed by atoms with van der Waals surface area (Å²) in [5.74, 6) is -1.28. The zero-order valence-electron chi connectivity index (χ0n) is 14.1. The van der Waals surface area contributed by atoms with E-state index in [0.29, 0.717) is 11.3 Å². The average Bonchev–Trinajstić information content (AvgIpc) is 2.65. The van der Waals surface area contributed by atoms with Crippen LogP contribution in [-0.4, -0.2) is 23.6 Å². The van der Waals surface area contributed by atoms with Gasteiger partial charge in [-0.1, -0.05) is 34.7 Å². The Hall–Kier alpha value is -3.37. The Morgan fingerprint density at radius 2 is 2.07 bits per heavy atom. The molecule has 0 saturated carbocycles. The van der Waals surface area contributed by atoms with Crippen LogP contribution in [0.3, 0.4) is 0 Å². The lowest BCUT2D eigenvalue weighted by Gasteiger charge is -2.09. The van der Waals surface area contributed by atoms with Gasteiger partial charge in [0.1, 0.15) is 24.0 Å². The summed E-state index contributed by atoms with van der Waals surface area (Å²) < 4.78 is 6.29. The number of carboxylic acids is 1. The van der Waals surface area contributed by atoms with Crippen molar-refractivity contribution in [3.8, 4) is 11.8 Å². The molecule has 1 amide bonds. The Kier molecular flexibility index (Phi) is 6.92. The molecule has 27 heavy (non-hydrogen) atoms. The molecule has 0 aromatic heterocycles. The number of rotatable bonds is 7. The van der Waals surface area contributed by atoms with Crippen molar-refractivity contribution in [1.29, 1.82) is 5.26 Å². The van der Waals surface area contributed by atoms with Gasteiger partial charge in [0.2, 0.25) is 0 Å². The standard InChI is InChI=1S/C20H15BrN2O4/c1-2-8-27-18-7-6-16(21)10-14(18)9-15(12-22)19(24)23-17-5-3-4-13(11-17)20(25)26/h2-7,9-11H,1,8H2,(H,23,24)(H,25,26)/b15-9+. The van der Waals surface area contributed by atoms with E-state index in [2.05, 4.69) is 27.8 Å². The third kappa shape index (κ3) is 5.56. The molecule has 0 radical (unpaired) electrons. The van der Waals surface area contributed by atoms with Gasteiger partial charge in [-0.3, -0.25) is 4.79 Å². The Morgan fingerprint density at radius 3 is 2.74 bits per heavy atom. The van der Waals surface area contributed by atoms with E-state index in [-0.39, 0.29) is 23.4 Å². The van der Waals surface area contributed by atoms with Gasteiger partial charge >= 0.3 is 5.97 Å². The SMILES string of the molecule is C=CCOc1ccc(Br)cc1/C=C(\C#N)C(=O)Nc1cccc(C(=O)O)c1. The third-order valence-corrected chi connectivity index (χ3v) is 3.85. The molecule has 0 fully saturated rings. The minimum absolute atomic E-state index is 0.0300. The molecule has 2 rings (SSSR count). The number of carbonyl (C=O) groups excluding carboxylic acids is 1. The number of carboxylic acid groups (broad SMARTS) is 1. The Bertz CT molecular complexity index is 961. The molecule has 2 N–H and O–H groups in total. The number of carbonyl (C=O) groups is 2. The van der Waals surface area contributed by atoms with E-state index in [9.17, 15) is 14.9 Å². The van der Waals surface area contributed by atoms with Crippen LogP contribution in [0.1, 0.15) is 15.9 Å². The van der Waals surface area contributed by atoms with Crippen molar-refractivity contribution >= 4 is 39.6 Å². The first-order valence-electron chi connectivity index (χ1n) is 7.74. The van der Waals surface area contributed by atoms with Gasteiger partial charge in [-0.2, -0.15) is 5.26 Å². The lowest BCUT2D eigenvalue weighted by molar-refractivity contribution is -0.112. The van der Waals surface area contributed by atoms with E-state index >= 15 is 0 Å². The number of nitrogens with one attached hydrogen (secondary N) is 1. The Morgan fingerprint density at radius 1 is 1.30 bits per heavy atom. The number of ether oxygens (including phenoxy) is 1. The van der Waals surface area contributed by atoms with Crippen molar-refractivity contribution in [3.05, 3.63) is 76.3 Å². The third-order valence-electron chi connectivity index (χ3n) is 3.36. The summed E-state index contributed by atoms with van der Waals surface area (Å²) in [4.78, 5) is 23.4. The molecule has 0 bridgehead atoms. The van der Waals surface area contributed by atoms with Crippen LogP contribution < -0.4 is 10.1 Å². The highest BCUT2D eigenvalue weighted by molar-refractivity contribution is 9.10. The normalized spacial score (nSPS) is 10.6. The minimum atomic E-state index is -1.11. The molecule has 0 atom stereocenters. The van der Waals surface area contributed by atoms with Gasteiger partial charge in [0, 0.05) is 15.7 Å². The quantitative estimate of drug-likeness (QED) is 0.391. The number of nitrogens with zero attached hydrogens (tertiary/aromatic N) is 1. The predicted molar refractivity (Wildman–Crippen MR) is 105 cm³/mol. The molecule has 0 aliphatic heterocycles. The maximum atomic E-state index is 12.4. The van der Waals surface area contributed by atoms with E-state index in [1.807, 2.05) is 6.07 Å². The molecule has 0 saturated heterocycles. The molecule has 136 valence electrons.